The molecule has 0 heterocycles. The van der Waals surface area contributed by atoms with Gasteiger partial charge < -0.3 is 16.2 Å². The van der Waals surface area contributed by atoms with E-state index >= 15 is 0 Å². The summed E-state index contributed by atoms with van der Waals surface area (Å²) in [6.07, 6.45) is 3.50. The lowest BCUT2D eigenvalue weighted by molar-refractivity contribution is -0.144. The molecule has 0 saturated heterocycles. The highest BCUT2D eigenvalue weighted by Gasteiger charge is 2.30. The maximum Gasteiger partial charge on any atom is 0.306 e. The lowest BCUT2D eigenvalue weighted by Gasteiger charge is -2.28. The first-order chi connectivity index (χ1) is 9.99. The standard InChI is InChI=1S/C15H19BrN2O3/c16-10-5-6-12(13(17)7-10)14(19)18-8-9-3-1-2-4-11(9)15(20)21/h5-7,9,11H,1-4,8,17H2,(H,18,19)(H,20,21). The van der Waals surface area contributed by atoms with Gasteiger partial charge in [-0.15, -0.1) is 0 Å². The number of carbonyl (C=O) groups excluding carboxylic acids is 1. The van der Waals surface area contributed by atoms with Crippen molar-refractivity contribution in [1.82, 2.24) is 5.32 Å². The van der Waals surface area contributed by atoms with E-state index in [0.29, 0.717) is 24.2 Å². The van der Waals surface area contributed by atoms with Crippen LogP contribution in [0.3, 0.4) is 0 Å². The number of benzene rings is 1. The Morgan fingerprint density at radius 1 is 1.33 bits per heavy atom. The number of nitrogens with two attached hydrogens (primary N) is 1. The van der Waals surface area contributed by atoms with Crippen molar-refractivity contribution < 1.29 is 14.7 Å². The van der Waals surface area contributed by atoms with Crippen LogP contribution in [0.2, 0.25) is 0 Å². The van der Waals surface area contributed by atoms with Gasteiger partial charge in [0.25, 0.3) is 5.91 Å². The molecule has 1 fully saturated rings. The van der Waals surface area contributed by atoms with Crippen LogP contribution in [0, 0.1) is 11.8 Å². The van der Waals surface area contributed by atoms with Crippen molar-refractivity contribution in [2.24, 2.45) is 11.8 Å². The normalized spacial score (nSPS) is 21.8. The van der Waals surface area contributed by atoms with Gasteiger partial charge in [-0.2, -0.15) is 0 Å². The highest BCUT2D eigenvalue weighted by molar-refractivity contribution is 9.10. The number of aliphatic carboxylic acids is 1. The summed E-state index contributed by atoms with van der Waals surface area (Å²) in [7, 11) is 0. The first-order valence-electron chi connectivity index (χ1n) is 7.05. The third kappa shape index (κ3) is 3.97. The van der Waals surface area contributed by atoms with Crippen LogP contribution in [0.1, 0.15) is 36.0 Å². The second kappa shape index (κ2) is 6.93. The molecule has 2 unspecified atom stereocenters. The average Bonchev–Trinajstić information content (AvgIpc) is 2.45. The highest BCUT2D eigenvalue weighted by Crippen LogP contribution is 2.30. The maximum absolute atomic E-state index is 12.1. The number of nitrogen functional groups attached to an aromatic ring is 1. The molecule has 0 radical (unpaired) electrons. The minimum atomic E-state index is -0.767. The minimum absolute atomic E-state index is 0.00290. The summed E-state index contributed by atoms with van der Waals surface area (Å²) in [5, 5.41) is 12.0. The number of anilines is 1. The molecule has 114 valence electrons. The Balaban J connectivity index is 1.98. The fourth-order valence-corrected chi connectivity index (χ4v) is 3.22. The Morgan fingerprint density at radius 2 is 2.05 bits per heavy atom. The monoisotopic (exact) mass is 354 g/mol. The van der Waals surface area contributed by atoms with Crippen LogP contribution in [0.5, 0.6) is 0 Å². The number of hydrogen-bond donors (Lipinski definition) is 3. The smallest absolute Gasteiger partial charge is 0.306 e. The van der Waals surface area contributed by atoms with Crippen molar-refractivity contribution in [1.29, 1.82) is 0 Å². The van der Waals surface area contributed by atoms with Crippen LogP contribution in [0.15, 0.2) is 22.7 Å². The van der Waals surface area contributed by atoms with Crippen molar-refractivity contribution in [2.75, 3.05) is 12.3 Å². The molecular formula is C15H19BrN2O3. The summed E-state index contributed by atoms with van der Waals surface area (Å²) in [6.45, 7) is 0.380. The molecule has 2 atom stereocenters. The topological polar surface area (TPSA) is 92.4 Å². The van der Waals surface area contributed by atoms with Crippen molar-refractivity contribution in [3.63, 3.8) is 0 Å². The van der Waals surface area contributed by atoms with Crippen LogP contribution in [-0.2, 0) is 4.79 Å². The van der Waals surface area contributed by atoms with Crippen LogP contribution >= 0.6 is 15.9 Å². The Bertz CT molecular complexity index is 548. The SMILES string of the molecule is Nc1cc(Br)ccc1C(=O)NCC1CCCCC1C(=O)O. The molecule has 1 aromatic carbocycles. The van der Waals surface area contributed by atoms with Crippen LogP contribution in [0.4, 0.5) is 5.69 Å². The van der Waals surface area contributed by atoms with Crippen LogP contribution < -0.4 is 11.1 Å². The summed E-state index contributed by atoms with van der Waals surface area (Å²) in [5.41, 5.74) is 6.64. The van der Waals surface area contributed by atoms with Crippen molar-refractivity contribution in [2.45, 2.75) is 25.7 Å². The van der Waals surface area contributed by atoms with Gasteiger partial charge in [-0.1, -0.05) is 28.8 Å². The number of carboxylic acids is 1. The van der Waals surface area contributed by atoms with Crippen molar-refractivity contribution >= 4 is 33.5 Å². The second-order valence-corrected chi connectivity index (χ2v) is 6.35. The fourth-order valence-electron chi connectivity index (χ4n) is 2.84. The number of rotatable bonds is 4. The Kier molecular flexibility index (Phi) is 5.22. The van der Waals surface area contributed by atoms with Gasteiger partial charge in [0.05, 0.1) is 11.5 Å². The largest absolute Gasteiger partial charge is 0.481 e. The molecule has 1 aliphatic rings. The predicted octanol–water partition coefficient (Wildman–Crippen LogP) is 2.65. The van der Waals surface area contributed by atoms with E-state index in [2.05, 4.69) is 21.2 Å². The van der Waals surface area contributed by atoms with E-state index in [1.54, 1.807) is 18.2 Å². The quantitative estimate of drug-likeness (QED) is 0.724. The molecule has 0 bridgehead atoms. The van der Waals surface area contributed by atoms with E-state index in [-0.39, 0.29) is 17.7 Å². The van der Waals surface area contributed by atoms with E-state index in [0.717, 1.165) is 23.7 Å². The molecule has 0 spiro atoms. The van der Waals surface area contributed by atoms with Crippen LogP contribution in [-0.4, -0.2) is 23.5 Å². The van der Waals surface area contributed by atoms with E-state index in [1.165, 1.54) is 0 Å². The molecule has 2 rings (SSSR count). The number of carbonyl (C=O) groups is 2. The summed E-state index contributed by atoms with van der Waals surface area (Å²) >= 11 is 3.29. The fraction of sp³-hybridized carbons (Fsp3) is 0.467. The lowest BCUT2D eigenvalue weighted by Crippen LogP contribution is -2.37. The summed E-state index contributed by atoms with van der Waals surface area (Å²) in [5.74, 6) is -1.38. The number of carboxylic acid groups (broad SMARTS) is 1. The third-order valence-electron chi connectivity index (χ3n) is 4.01. The number of hydrogen-bond acceptors (Lipinski definition) is 3. The van der Waals surface area contributed by atoms with Gasteiger partial charge in [-0.3, -0.25) is 9.59 Å². The van der Waals surface area contributed by atoms with E-state index < -0.39 is 5.97 Å². The van der Waals surface area contributed by atoms with Gasteiger partial charge in [0, 0.05) is 16.7 Å². The first-order valence-corrected chi connectivity index (χ1v) is 7.84. The number of amides is 1. The third-order valence-corrected chi connectivity index (χ3v) is 4.50. The maximum atomic E-state index is 12.1. The zero-order valence-electron chi connectivity index (χ0n) is 11.6. The number of nitrogens with one attached hydrogen (secondary N) is 1. The van der Waals surface area contributed by atoms with Gasteiger partial charge in [0.2, 0.25) is 0 Å². The molecule has 0 aliphatic heterocycles. The highest BCUT2D eigenvalue weighted by atomic mass is 79.9. The Morgan fingerprint density at radius 3 is 2.71 bits per heavy atom. The van der Waals surface area contributed by atoms with Crippen molar-refractivity contribution in [3.8, 4) is 0 Å². The zero-order chi connectivity index (χ0) is 15.4. The van der Waals surface area contributed by atoms with E-state index in [4.69, 9.17) is 5.73 Å². The van der Waals surface area contributed by atoms with Gasteiger partial charge in [0.15, 0.2) is 0 Å². The molecule has 1 saturated carbocycles. The first kappa shape index (κ1) is 15.8. The summed E-state index contributed by atoms with van der Waals surface area (Å²) < 4.78 is 0.815. The molecule has 4 N–H and O–H groups in total. The predicted molar refractivity (Wildman–Crippen MR) is 84.0 cm³/mol. The Hall–Kier alpha value is -1.56. The lowest BCUT2D eigenvalue weighted by atomic mass is 9.79. The van der Waals surface area contributed by atoms with E-state index in [1.807, 2.05) is 0 Å². The van der Waals surface area contributed by atoms with Gasteiger partial charge >= 0.3 is 5.97 Å². The van der Waals surface area contributed by atoms with E-state index in [9.17, 15) is 14.7 Å². The molecule has 21 heavy (non-hydrogen) atoms. The van der Waals surface area contributed by atoms with Gasteiger partial charge in [-0.25, -0.2) is 0 Å². The molecule has 6 heteroatoms. The Labute approximate surface area is 132 Å². The minimum Gasteiger partial charge on any atom is -0.481 e. The number of halogens is 1. The molecule has 0 aromatic heterocycles. The molecule has 1 amide bonds. The van der Waals surface area contributed by atoms with Gasteiger partial charge in [0.1, 0.15) is 0 Å². The zero-order valence-corrected chi connectivity index (χ0v) is 13.2. The summed E-state index contributed by atoms with van der Waals surface area (Å²) in [4.78, 5) is 23.4. The van der Waals surface area contributed by atoms with Crippen molar-refractivity contribution in [3.05, 3.63) is 28.2 Å². The van der Waals surface area contributed by atoms with Crippen LogP contribution in [0.25, 0.3) is 0 Å². The average molecular weight is 355 g/mol. The molecular weight excluding hydrogens is 336 g/mol. The second-order valence-electron chi connectivity index (χ2n) is 5.43. The molecule has 1 aliphatic carbocycles. The summed E-state index contributed by atoms with van der Waals surface area (Å²) in [6, 6.07) is 5.09. The molecule has 5 nitrogen and oxygen atoms in total. The van der Waals surface area contributed by atoms with Gasteiger partial charge in [-0.05, 0) is 37.0 Å². The molecule has 1 aromatic rings.